The van der Waals surface area contributed by atoms with E-state index < -0.39 is 23.5 Å². The third kappa shape index (κ3) is 6.63. The van der Waals surface area contributed by atoms with Crippen molar-refractivity contribution in [1.82, 2.24) is 4.90 Å². The average Bonchev–Trinajstić information content (AvgIpc) is 2.64. The molecule has 0 bridgehead atoms. The molecule has 2 aliphatic rings. The normalized spacial score (nSPS) is 21.6. The smallest absolute Gasteiger partial charge is 0.419 e. The SMILES string of the molecule is Nc1ccc(F)c(C(F)(F)F)c1.O=C(O)[C@@H]1CCCCN1CC1CCOCC1. The van der Waals surface area contributed by atoms with E-state index in [2.05, 4.69) is 4.90 Å². The van der Waals surface area contributed by atoms with Crippen LogP contribution in [0, 0.1) is 11.7 Å². The summed E-state index contributed by atoms with van der Waals surface area (Å²) in [6, 6.07) is 2.09. The highest BCUT2D eigenvalue weighted by molar-refractivity contribution is 5.73. The summed E-state index contributed by atoms with van der Waals surface area (Å²) in [5.41, 5.74) is 3.62. The Morgan fingerprint density at radius 2 is 1.89 bits per heavy atom. The number of carboxylic acid groups (broad SMARTS) is 1. The van der Waals surface area contributed by atoms with E-state index in [9.17, 15) is 27.5 Å². The molecular formula is C19H26F4N2O3. The van der Waals surface area contributed by atoms with Gasteiger partial charge in [-0.25, -0.2) is 4.39 Å². The highest BCUT2D eigenvalue weighted by Gasteiger charge is 2.34. The van der Waals surface area contributed by atoms with Crippen molar-refractivity contribution >= 4 is 11.7 Å². The monoisotopic (exact) mass is 406 g/mol. The lowest BCUT2D eigenvalue weighted by atomic mass is 9.95. The quantitative estimate of drug-likeness (QED) is 0.590. The van der Waals surface area contributed by atoms with Crippen LogP contribution >= 0.6 is 0 Å². The molecule has 9 heteroatoms. The van der Waals surface area contributed by atoms with E-state index in [0.29, 0.717) is 18.1 Å². The fourth-order valence-electron chi connectivity index (χ4n) is 3.51. The summed E-state index contributed by atoms with van der Waals surface area (Å²) in [6.07, 6.45) is 0.512. The lowest BCUT2D eigenvalue weighted by Crippen LogP contribution is -2.47. The Labute approximate surface area is 161 Å². The molecule has 1 aromatic rings. The summed E-state index contributed by atoms with van der Waals surface area (Å²) < 4.78 is 53.6. The van der Waals surface area contributed by atoms with Crippen molar-refractivity contribution in [3.63, 3.8) is 0 Å². The molecular weight excluding hydrogens is 380 g/mol. The molecule has 1 atom stereocenters. The van der Waals surface area contributed by atoms with Gasteiger partial charge in [-0.15, -0.1) is 0 Å². The number of carboxylic acids is 1. The summed E-state index contributed by atoms with van der Waals surface area (Å²) in [5, 5.41) is 9.17. The number of nitrogens with two attached hydrogens (primary N) is 1. The molecule has 2 saturated heterocycles. The van der Waals surface area contributed by atoms with Gasteiger partial charge < -0.3 is 15.6 Å². The molecule has 0 amide bonds. The van der Waals surface area contributed by atoms with Gasteiger partial charge in [-0.1, -0.05) is 6.42 Å². The van der Waals surface area contributed by atoms with Crippen LogP contribution in [0.25, 0.3) is 0 Å². The number of nitrogen functional groups attached to an aromatic ring is 1. The third-order valence-corrected chi connectivity index (χ3v) is 5.03. The maximum atomic E-state index is 12.5. The van der Waals surface area contributed by atoms with Gasteiger partial charge in [0.15, 0.2) is 0 Å². The Kier molecular flexibility index (Phi) is 8.06. The molecule has 1 aromatic carbocycles. The van der Waals surface area contributed by atoms with Crippen LogP contribution in [0.5, 0.6) is 0 Å². The minimum absolute atomic E-state index is 0.108. The second-order valence-electron chi connectivity index (χ2n) is 7.14. The summed E-state index contributed by atoms with van der Waals surface area (Å²) in [7, 11) is 0. The molecule has 2 aliphatic heterocycles. The maximum Gasteiger partial charge on any atom is 0.419 e. The van der Waals surface area contributed by atoms with E-state index in [1.54, 1.807) is 0 Å². The zero-order chi connectivity index (χ0) is 20.7. The van der Waals surface area contributed by atoms with Crippen LogP contribution in [-0.4, -0.2) is 48.3 Å². The van der Waals surface area contributed by atoms with Crippen LogP contribution in [0.3, 0.4) is 0 Å². The highest BCUT2D eigenvalue weighted by Crippen LogP contribution is 2.32. The topological polar surface area (TPSA) is 75.8 Å². The van der Waals surface area contributed by atoms with Gasteiger partial charge in [0.25, 0.3) is 0 Å². The predicted octanol–water partition coefficient (Wildman–Crippen LogP) is 3.78. The van der Waals surface area contributed by atoms with Gasteiger partial charge in [0.05, 0.1) is 5.56 Å². The molecule has 0 unspecified atom stereocenters. The third-order valence-electron chi connectivity index (χ3n) is 5.03. The van der Waals surface area contributed by atoms with E-state index in [-0.39, 0.29) is 11.7 Å². The molecule has 0 spiro atoms. The summed E-state index contributed by atoms with van der Waals surface area (Å²) in [5.74, 6) is -1.32. The Hall–Kier alpha value is -1.87. The van der Waals surface area contributed by atoms with Gasteiger partial charge in [0.2, 0.25) is 0 Å². The van der Waals surface area contributed by atoms with Gasteiger partial charge in [0.1, 0.15) is 11.9 Å². The number of nitrogens with zero attached hydrogens (tertiary/aromatic N) is 1. The standard InChI is InChI=1S/C12H21NO3.C7H5F4N/c14-12(15)11-3-1-2-6-13(11)9-10-4-7-16-8-5-10;8-6-2-1-4(12)3-5(6)7(9,10)11/h10-11H,1-9H2,(H,14,15);1-3H,12H2/t11-;/m0./s1. The number of alkyl halides is 3. The second kappa shape index (κ2) is 10.1. The van der Waals surface area contributed by atoms with E-state index in [1.807, 2.05) is 0 Å². The number of piperidine rings is 1. The number of halogens is 4. The number of hydrogen-bond acceptors (Lipinski definition) is 4. The van der Waals surface area contributed by atoms with Gasteiger partial charge in [-0.3, -0.25) is 9.69 Å². The Bertz CT molecular complexity index is 649. The van der Waals surface area contributed by atoms with Crippen molar-refractivity contribution < 1.29 is 32.2 Å². The lowest BCUT2D eigenvalue weighted by Gasteiger charge is -2.36. The number of likely N-dealkylation sites (tertiary alicyclic amines) is 1. The van der Waals surface area contributed by atoms with E-state index in [4.69, 9.17) is 10.5 Å². The van der Waals surface area contributed by atoms with E-state index in [1.165, 1.54) is 0 Å². The molecule has 0 aromatic heterocycles. The molecule has 0 radical (unpaired) electrons. The average molecular weight is 406 g/mol. The van der Waals surface area contributed by atoms with Crippen molar-refractivity contribution in [3.05, 3.63) is 29.6 Å². The number of benzene rings is 1. The van der Waals surface area contributed by atoms with Crippen molar-refractivity contribution in [2.75, 3.05) is 32.0 Å². The summed E-state index contributed by atoms with van der Waals surface area (Å²) >= 11 is 0. The molecule has 28 heavy (non-hydrogen) atoms. The van der Waals surface area contributed by atoms with Crippen molar-refractivity contribution in [2.24, 2.45) is 5.92 Å². The van der Waals surface area contributed by atoms with Crippen molar-refractivity contribution in [3.8, 4) is 0 Å². The summed E-state index contributed by atoms with van der Waals surface area (Å²) in [6.45, 7) is 3.58. The first-order valence-corrected chi connectivity index (χ1v) is 9.35. The van der Waals surface area contributed by atoms with Gasteiger partial charge in [0, 0.05) is 25.4 Å². The summed E-state index contributed by atoms with van der Waals surface area (Å²) in [4.78, 5) is 13.3. The first-order chi connectivity index (χ1) is 13.2. The Morgan fingerprint density at radius 1 is 1.21 bits per heavy atom. The fourth-order valence-corrected chi connectivity index (χ4v) is 3.51. The minimum Gasteiger partial charge on any atom is -0.480 e. The molecule has 0 saturated carbocycles. The lowest BCUT2D eigenvalue weighted by molar-refractivity contribution is -0.145. The largest absolute Gasteiger partial charge is 0.480 e. The van der Waals surface area contributed by atoms with Gasteiger partial charge in [-0.2, -0.15) is 13.2 Å². The number of anilines is 1. The Balaban J connectivity index is 0.000000209. The molecule has 3 N–H and O–H groups in total. The molecule has 5 nitrogen and oxygen atoms in total. The van der Waals surface area contributed by atoms with Crippen molar-refractivity contribution in [2.45, 2.75) is 44.3 Å². The first-order valence-electron chi connectivity index (χ1n) is 9.35. The van der Waals surface area contributed by atoms with E-state index in [0.717, 1.165) is 64.5 Å². The molecule has 2 heterocycles. The van der Waals surface area contributed by atoms with Gasteiger partial charge >= 0.3 is 12.1 Å². The number of hydrogen-bond donors (Lipinski definition) is 2. The second-order valence-corrected chi connectivity index (χ2v) is 7.14. The fraction of sp³-hybridized carbons (Fsp3) is 0.632. The minimum atomic E-state index is -4.68. The predicted molar refractivity (Wildman–Crippen MR) is 96.2 cm³/mol. The van der Waals surface area contributed by atoms with Crippen LogP contribution in [0.2, 0.25) is 0 Å². The maximum absolute atomic E-state index is 12.5. The zero-order valence-electron chi connectivity index (χ0n) is 15.6. The highest BCUT2D eigenvalue weighted by atomic mass is 19.4. The van der Waals surface area contributed by atoms with E-state index >= 15 is 0 Å². The van der Waals surface area contributed by atoms with Gasteiger partial charge in [-0.05, 0) is 56.3 Å². The molecule has 158 valence electrons. The van der Waals surface area contributed by atoms with Crippen LogP contribution in [0.1, 0.15) is 37.7 Å². The van der Waals surface area contributed by atoms with Crippen LogP contribution in [0.15, 0.2) is 18.2 Å². The molecule has 2 fully saturated rings. The number of aliphatic carboxylic acids is 1. The number of carbonyl (C=O) groups is 1. The first kappa shape index (κ1) is 22.4. The van der Waals surface area contributed by atoms with Crippen molar-refractivity contribution in [1.29, 1.82) is 0 Å². The molecule has 3 rings (SSSR count). The molecule has 0 aliphatic carbocycles. The van der Waals surface area contributed by atoms with Crippen LogP contribution in [-0.2, 0) is 15.7 Å². The zero-order valence-corrected chi connectivity index (χ0v) is 15.6. The number of ether oxygens (including phenoxy) is 1. The number of rotatable bonds is 3. The Morgan fingerprint density at radius 3 is 2.46 bits per heavy atom. The van der Waals surface area contributed by atoms with Crippen LogP contribution in [0.4, 0.5) is 23.2 Å². The van der Waals surface area contributed by atoms with Crippen LogP contribution < -0.4 is 5.73 Å².